The molecule has 0 radical (unpaired) electrons. The van der Waals surface area contributed by atoms with Crippen LogP contribution in [0.4, 0.5) is 24.7 Å². The third kappa shape index (κ3) is 3.27. The van der Waals surface area contributed by atoms with Crippen molar-refractivity contribution in [3.63, 3.8) is 0 Å². The predicted octanol–water partition coefficient (Wildman–Crippen LogP) is 3.56. The molecule has 6 nitrogen and oxygen atoms in total. The molecule has 2 aromatic heterocycles. The minimum absolute atomic E-state index is 0.00576. The highest BCUT2D eigenvalue weighted by Crippen LogP contribution is 2.38. The number of alkyl halides is 3. The second kappa shape index (κ2) is 5.64. The van der Waals surface area contributed by atoms with Crippen molar-refractivity contribution in [2.45, 2.75) is 13.1 Å². The monoisotopic (exact) mass is 318 g/mol. The summed E-state index contributed by atoms with van der Waals surface area (Å²) < 4.78 is 37.7. The van der Waals surface area contributed by atoms with Crippen LogP contribution in [0.25, 0.3) is 10.6 Å². The van der Waals surface area contributed by atoms with Gasteiger partial charge in [0.2, 0.25) is 0 Å². The highest BCUT2D eigenvalue weighted by atomic mass is 32.1. The lowest BCUT2D eigenvalue weighted by Gasteiger charge is -2.05. The zero-order valence-corrected chi connectivity index (χ0v) is 11.5. The average Bonchev–Trinajstić information content (AvgIpc) is 2.88. The third-order valence-corrected chi connectivity index (χ3v) is 3.46. The van der Waals surface area contributed by atoms with Gasteiger partial charge in [-0.25, -0.2) is 9.97 Å². The van der Waals surface area contributed by atoms with Crippen LogP contribution in [0.2, 0.25) is 0 Å². The maximum Gasteiger partial charge on any atom is 0.443 e. The quantitative estimate of drug-likeness (QED) is 0.688. The summed E-state index contributed by atoms with van der Waals surface area (Å²) in [6.45, 7) is 2.33. The highest BCUT2D eigenvalue weighted by Gasteiger charge is 2.35. The summed E-state index contributed by atoms with van der Waals surface area (Å²) >= 11 is 0.320. The molecule has 2 aromatic rings. The Morgan fingerprint density at radius 2 is 2.14 bits per heavy atom. The van der Waals surface area contributed by atoms with Crippen molar-refractivity contribution in [3.8, 4) is 10.6 Å². The van der Waals surface area contributed by atoms with E-state index in [2.05, 4.69) is 15.3 Å². The van der Waals surface area contributed by atoms with E-state index in [0.717, 1.165) is 6.20 Å². The number of hydrogen-bond donors (Lipinski definition) is 1. The number of hydrogen-bond acceptors (Lipinski definition) is 6. The lowest BCUT2D eigenvalue weighted by atomic mass is 10.2. The normalized spacial score (nSPS) is 11.4. The standard InChI is InChI=1S/C11H9F3N4O2S/c1-2-15-8-4-3-6(18(19)20)9(17-8)7-5-16-10(21-7)11(12,13)14/h3-5H,2H2,1H3,(H,15,17). The highest BCUT2D eigenvalue weighted by molar-refractivity contribution is 7.15. The van der Waals surface area contributed by atoms with Crippen LogP contribution in [0.3, 0.4) is 0 Å². The fourth-order valence-corrected chi connectivity index (χ4v) is 2.36. The minimum Gasteiger partial charge on any atom is -0.370 e. The average molecular weight is 318 g/mol. The van der Waals surface area contributed by atoms with Gasteiger partial charge in [-0.2, -0.15) is 13.2 Å². The summed E-state index contributed by atoms with van der Waals surface area (Å²) in [7, 11) is 0. The van der Waals surface area contributed by atoms with E-state index in [4.69, 9.17) is 0 Å². The molecule has 0 atom stereocenters. The lowest BCUT2D eigenvalue weighted by molar-refractivity contribution is -0.384. The van der Waals surface area contributed by atoms with Crippen molar-refractivity contribution < 1.29 is 18.1 Å². The number of nitrogens with zero attached hydrogens (tertiary/aromatic N) is 3. The first-order valence-corrected chi connectivity index (χ1v) is 6.57. The Morgan fingerprint density at radius 1 is 1.43 bits per heavy atom. The van der Waals surface area contributed by atoms with Crippen molar-refractivity contribution >= 4 is 22.8 Å². The molecule has 10 heteroatoms. The summed E-state index contributed by atoms with van der Waals surface area (Å²) in [5.74, 6) is 0.347. The molecule has 1 N–H and O–H groups in total. The first-order chi connectivity index (χ1) is 9.82. The lowest BCUT2D eigenvalue weighted by Crippen LogP contribution is -2.03. The van der Waals surface area contributed by atoms with E-state index in [0.29, 0.717) is 23.7 Å². The van der Waals surface area contributed by atoms with E-state index < -0.39 is 16.1 Å². The van der Waals surface area contributed by atoms with Crippen LogP contribution >= 0.6 is 11.3 Å². The molecule has 0 aromatic carbocycles. The molecule has 2 heterocycles. The molecule has 0 spiro atoms. The van der Waals surface area contributed by atoms with E-state index in [1.807, 2.05) is 0 Å². The Hall–Kier alpha value is -2.23. The van der Waals surface area contributed by atoms with Crippen molar-refractivity contribution in [2.75, 3.05) is 11.9 Å². The van der Waals surface area contributed by atoms with E-state index in [1.54, 1.807) is 6.92 Å². The van der Waals surface area contributed by atoms with Crippen LogP contribution in [-0.4, -0.2) is 21.4 Å². The molecule has 2 rings (SSSR count). The smallest absolute Gasteiger partial charge is 0.370 e. The number of nitrogens with one attached hydrogen (secondary N) is 1. The van der Waals surface area contributed by atoms with Crippen molar-refractivity contribution in [1.29, 1.82) is 0 Å². The number of nitro groups is 1. The van der Waals surface area contributed by atoms with Crippen LogP contribution in [0.1, 0.15) is 11.9 Å². The SMILES string of the molecule is CCNc1ccc([N+](=O)[O-])c(-c2cnc(C(F)(F)F)s2)n1. The maximum atomic E-state index is 12.6. The van der Waals surface area contributed by atoms with Gasteiger partial charge < -0.3 is 5.32 Å². The van der Waals surface area contributed by atoms with E-state index in [-0.39, 0.29) is 16.3 Å². The molecule has 0 aliphatic rings. The topological polar surface area (TPSA) is 81.0 Å². The van der Waals surface area contributed by atoms with Crippen LogP contribution in [0, 0.1) is 10.1 Å². The van der Waals surface area contributed by atoms with E-state index >= 15 is 0 Å². The summed E-state index contributed by atoms with van der Waals surface area (Å²) in [6.07, 6.45) is -3.64. The van der Waals surface area contributed by atoms with Gasteiger partial charge in [0.05, 0.1) is 9.80 Å². The number of pyridine rings is 1. The molecule has 0 saturated carbocycles. The summed E-state index contributed by atoms with van der Waals surface area (Å²) in [6, 6.07) is 2.60. The van der Waals surface area contributed by atoms with Crippen molar-refractivity contribution in [2.24, 2.45) is 0 Å². The van der Waals surface area contributed by atoms with E-state index in [1.165, 1.54) is 12.1 Å². The van der Waals surface area contributed by atoms with E-state index in [9.17, 15) is 23.3 Å². The Bertz CT molecular complexity index is 672. The molecule has 0 unspecified atom stereocenters. The number of thiazole rings is 1. The first-order valence-electron chi connectivity index (χ1n) is 5.75. The molecule has 0 fully saturated rings. The largest absolute Gasteiger partial charge is 0.443 e. The van der Waals surface area contributed by atoms with Gasteiger partial charge in [-0.15, -0.1) is 11.3 Å². The summed E-state index contributed by atoms with van der Waals surface area (Å²) in [5, 5.41) is 12.8. The predicted molar refractivity (Wildman–Crippen MR) is 71.2 cm³/mol. The molecule has 0 saturated heterocycles. The molecule has 112 valence electrons. The van der Waals surface area contributed by atoms with Gasteiger partial charge in [-0.1, -0.05) is 0 Å². The summed E-state index contributed by atoms with van der Waals surface area (Å²) in [4.78, 5) is 17.5. The van der Waals surface area contributed by atoms with Crippen LogP contribution < -0.4 is 5.32 Å². The second-order valence-corrected chi connectivity index (χ2v) is 4.91. The van der Waals surface area contributed by atoms with Crippen LogP contribution in [0.15, 0.2) is 18.3 Å². The first kappa shape index (κ1) is 15.2. The van der Waals surface area contributed by atoms with Crippen LogP contribution in [-0.2, 0) is 6.18 Å². The van der Waals surface area contributed by atoms with Gasteiger partial charge in [0.15, 0.2) is 10.7 Å². The number of halogens is 3. The molecule has 0 aliphatic heterocycles. The second-order valence-electron chi connectivity index (χ2n) is 3.88. The molecule has 0 bridgehead atoms. The Kier molecular flexibility index (Phi) is 4.07. The van der Waals surface area contributed by atoms with Gasteiger partial charge in [-0.3, -0.25) is 10.1 Å². The number of aromatic nitrogens is 2. The zero-order valence-electron chi connectivity index (χ0n) is 10.6. The maximum absolute atomic E-state index is 12.6. The van der Waals surface area contributed by atoms with Crippen LogP contribution in [0.5, 0.6) is 0 Å². The third-order valence-electron chi connectivity index (χ3n) is 2.41. The fourth-order valence-electron chi connectivity index (χ4n) is 1.57. The summed E-state index contributed by atoms with van der Waals surface area (Å²) in [5.41, 5.74) is -0.500. The van der Waals surface area contributed by atoms with Gasteiger partial charge in [0.1, 0.15) is 5.82 Å². The minimum atomic E-state index is -4.59. The fraction of sp³-hybridized carbons (Fsp3) is 0.273. The Morgan fingerprint density at radius 3 is 2.67 bits per heavy atom. The molecular weight excluding hydrogens is 309 g/mol. The van der Waals surface area contributed by atoms with Gasteiger partial charge in [0, 0.05) is 18.8 Å². The number of anilines is 1. The Balaban J connectivity index is 2.52. The molecule has 0 aliphatic carbocycles. The number of rotatable bonds is 4. The van der Waals surface area contributed by atoms with Gasteiger partial charge in [-0.05, 0) is 13.0 Å². The van der Waals surface area contributed by atoms with Gasteiger partial charge >= 0.3 is 6.18 Å². The Labute approximate surface area is 120 Å². The van der Waals surface area contributed by atoms with Crippen molar-refractivity contribution in [1.82, 2.24) is 9.97 Å². The molecule has 21 heavy (non-hydrogen) atoms. The zero-order chi connectivity index (χ0) is 15.6. The van der Waals surface area contributed by atoms with Crippen molar-refractivity contribution in [3.05, 3.63) is 33.5 Å². The molecular formula is C11H9F3N4O2S. The van der Waals surface area contributed by atoms with Gasteiger partial charge in [0.25, 0.3) is 5.69 Å². The molecule has 0 amide bonds.